The molecule has 3 nitrogen and oxygen atoms in total. The number of hydrogen-bond acceptors (Lipinski definition) is 3. The van der Waals surface area contributed by atoms with Crippen LogP contribution < -0.4 is 0 Å². The van der Waals surface area contributed by atoms with E-state index in [1.165, 1.54) is 6.42 Å². The van der Waals surface area contributed by atoms with Gasteiger partial charge in [0, 0.05) is 18.5 Å². The molecule has 0 amide bonds. The van der Waals surface area contributed by atoms with Crippen LogP contribution in [0, 0.1) is 11.8 Å². The first kappa shape index (κ1) is 21.7. The third kappa shape index (κ3) is 5.86. The quantitative estimate of drug-likeness (QED) is 0.535. The number of benzene rings is 1. The molecule has 0 saturated heterocycles. The van der Waals surface area contributed by atoms with Crippen molar-refractivity contribution in [3.05, 3.63) is 42.0 Å². The summed E-state index contributed by atoms with van der Waals surface area (Å²) in [4.78, 5) is 14.7. The highest BCUT2D eigenvalue weighted by Crippen LogP contribution is 2.42. The highest BCUT2D eigenvalue weighted by atomic mass is 35.5. The van der Waals surface area contributed by atoms with Gasteiger partial charge in [0.2, 0.25) is 0 Å². The first-order valence-electron chi connectivity index (χ1n) is 9.05. The fourth-order valence-electron chi connectivity index (χ4n) is 3.89. The lowest BCUT2D eigenvalue weighted by Crippen LogP contribution is -2.52. The van der Waals surface area contributed by atoms with Crippen LogP contribution in [0.5, 0.6) is 0 Å². The van der Waals surface area contributed by atoms with Crippen molar-refractivity contribution in [2.75, 3.05) is 20.6 Å². The Hall–Kier alpha value is -1.32. The molecule has 25 heavy (non-hydrogen) atoms. The van der Waals surface area contributed by atoms with Crippen molar-refractivity contribution < 1.29 is 9.53 Å². The monoisotopic (exact) mass is 365 g/mol. The van der Waals surface area contributed by atoms with E-state index in [4.69, 9.17) is 4.74 Å². The van der Waals surface area contributed by atoms with Crippen LogP contribution in [0.25, 0.3) is 6.08 Å². The van der Waals surface area contributed by atoms with Crippen molar-refractivity contribution in [3.8, 4) is 0 Å². The molecule has 0 aliphatic heterocycles. The fourth-order valence-corrected chi connectivity index (χ4v) is 3.89. The lowest BCUT2D eigenvalue weighted by atomic mass is 9.69. The van der Waals surface area contributed by atoms with Gasteiger partial charge >= 0.3 is 5.97 Å². The summed E-state index contributed by atoms with van der Waals surface area (Å²) in [5.41, 5.74) is 0.669. The molecular weight excluding hydrogens is 334 g/mol. The molecule has 2 atom stereocenters. The maximum absolute atomic E-state index is 12.5. The molecule has 0 N–H and O–H groups in total. The smallest absolute Gasteiger partial charge is 0.331 e. The Morgan fingerprint density at radius 1 is 1.28 bits per heavy atom. The summed E-state index contributed by atoms with van der Waals surface area (Å²) < 4.78 is 6.12. The van der Waals surface area contributed by atoms with E-state index in [-0.39, 0.29) is 24.0 Å². The number of carbonyl (C=O) groups is 1. The molecular formula is C21H32ClNO2. The molecule has 1 aromatic rings. The SMILES string of the molecule is CC(C)C1(OC(=O)/C=C/c2ccccc2)CCCCC1CN(C)C.Cl. The maximum atomic E-state index is 12.5. The molecule has 1 fully saturated rings. The van der Waals surface area contributed by atoms with Gasteiger partial charge in [0.05, 0.1) is 0 Å². The van der Waals surface area contributed by atoms with Gasteiger partial charge in [0.25, 0.3) is 0 Å². The maximum Gasteiger partial charge on any atom is 0.331 e. The highest BCUT2D eigenvalue weighted by Gasteiger charge is 2.46. The van der Waals surface area contributed by atoms with Crippen LogP contribution in [-0.4, -0.2) is 37.1 Å². The van der Waals surface area contributed by atoms with Crippen LogP contribution in [0.1, 0.15) is 45.1 Å². The Morgan fingerprint density at radius 3 is 2.56 bits per heavy atom. The second-order valence-corrected chi connectivity index (χ2v) is 7.48. The van der Waals surface area contributed by atoms with Gasteiger partial charge in [-0.2, -0.15) is 0 Å². The van der Waals surface area contributed by atoms with Gasteiger partial charge in [-0.25, -0.2) is 4.79 Å². The minimum Gasteiger partial charge on any atom is -0.455 e. The summed E-state index contributed by atoms with van der Waals surface area (Å²) in [6, 6.07) is 9.87. The lowest BCUT2D eigenvalue weighted by Gasteiger charge is -2.47. The number of halogens is 1. The van der Waals surface area contributed by atoms with E-state index in [1.807, 2.05) is 36.4 Å². The van der Waals surface area contributed by atoms with Gasteiger partial charge in [0.15, 0.2) is 0 Å². The number of nitrogens with zero attached hydrogens (tertiary/aromatic N) is 1. The van der Waals surface area contributed by atoms with E-state index < -0.39 is 0 Å². The van der Waals surface area contributed by atoms with Gasteiger partial charge in [-0.1, -0.05) is 50.6 Å². The van der Waals surface area contributed by atoms with Crippen molar-refractivity contribution in [1.29, 1.82) is 0 Å². The molecule has 2 rings (SSSR count). The van der Waals surface area contributed by atoms with Crippen molar-refractivity contribution in [2.24, 2.45) is 11.8 Å². The third-order valence-corrected chi connectivity index (χ3v) is 5.13. The molecule has 140 valence electrons. The topological polar surface area (TPSA) is 29.5 Å². The zero-order valence-electron chi connectivity index (χ0n) is 15.9. The second kappa shape index (κ2) is 9.98. The minimum absolute atomic E-state index is 0. The Labute approximate surface area is 158 Å². The van der Waals surface area contributed by atoms with Crippen LogP contribution in [0.2, 0.25) is 0 Å². The normalized spacial score (nSPS) is 23.7. The van der Waals surface area contributed by atoms with Gasteiger partial charge in [-0.15, -0.1) is 12.4 Å². The predicted molar refractivity (Wildman–Crippen MR) is 107 cm³/mol. The lowest BCUT2D eigenvalue weighted by molar-refractivity contribution is -0.174. The van der Waals surface area contributed by atoms with Crippen molar-refractivity contribution in [2.45, 2.75) is 45.1 Å². The standard InChI is InChI=1S/C21H31NO2.ClH/c1-17(2)21(15-9-8-12-19(21)16-22(3)4)24-20(23)14-13-18-10-6-5-7-11-18;/h5-7,10-11,13-14,17,19H,8-9,12,15-16H2,1-4H3;1H/b14-13+;. The van der Waals surface area contributed by atoms with Crippen molar-refractivity contribution in [3.63, 3.8) is 0 Å². The first-order valence-corrected chi connectivity index (χ1v) is 9.05. The predicted octanol–water partition coefficient (Wildman–Crippen LogP) is 4.81. The molecule has 1 aromatic carbocycles. The summed E-state index contributed by atoms with van der Waals surface area (Å²) in [6.07, 6.45) is 7.86. The Bertz CT molecular complexity index is 556. The summed E-state index contributed by atoms with van der Waals surface area (Å²) >= 11 is 0. The minimum atomic E-state index is -0.347. The molecule has 1 saturated carbocycles. The van der Waals surface area contributed by atoms with E-state index in [2.05, 4.69) is 32.8 Å². The number of carbonyl (C=O) groups excluding carboxylic acids is 1. The van der Waals surface area contributed by atoms with Gasteiger partial charge in [-0.3, -0.25) is 0 Å². The summed E-state index contributed by atoms with van der Waals surface area (Å²) in [6.45, 7) is 5.33. The molecule has 0 spiro atoms. The number of ether oxygens (including phenoxy) is 1. The van der Waals surface area contributed by atoms with E-state index in [1.54, 1.807) is 6.08 Å². The zero-order chi connectivity index (χ0) is 17.6. The average molecular weight is 366 g/mol. The molecule has 0 bridgehead atoms. The van der Waals surface area contributed by atoms with Crippen LogP contribution in [0.3, 0.4) is 0 Å². The highest BCUT2D eigenvalue weighted by molar-refractivity contribution is 5.87. The van der Waals surface area contributed by atoms with E-state index in [0.717, 1.165) is 31.4 Å². The molecule has 0 aromatic heterocycles. The molecule has 1 aliphatic rings. The van der Waals surface area contributed by atoms with Crippen LogP contribution in [-0.2, 0) is 9.53 Å². The largest absolute Gasteiger partial charge is 0.455 e. The number of hydrogen-bond donors (Lipinski definition) is 0. The molecule has 0 heterocycles. The summed E-state index contributed by atoms with van der Waals surface area (Å²) in [5, 5.41) is 0. The fraction of sp³-hybridized carbons (Fsp3) is 0.571. The Kier molecular flexibility index (Phi) is 8.67. The van der Waals surface area contributed by atoms with Crippen LogP contribution in [0.4, 0.5) is 0 Å². The molecule has 4 heteroatoms. The zero-order valence-corrected chi connectivity index (χ0v) is 16.7. The van der Waals surface area contributed by atoms with E-state index in [0.29, 0.717) is 11.8 Å². The van der Waals surface area contributed by atoms with Crippen LogP contribution >= 0.6 is 12.4 Å². The number of rotatable bonds is 6. The van der Waals surface area contributed by atoms with Gasteiger partial charge < -0.3 is 9.64 Å². The van der Waals surface area contributed by atoms with Crippen LogP contribution in [0.15, 0.2) is 36.4 Å². The van der Waals surface area contributed by atoms with E-state index >= 15 is 0 Å². The Morgan fingerprint density at radius 2 is 1.96 bits per heavy atom. The number of esters is 1. The summed E-state index contributed by atoms with van der Waals surface area (Å²) in [7, 11) is 4.19. The average Bonchev–Trinajstić information content (AvgIpc) is 2.55. The van der Waals surface area contributed by atoms with E-state index in [9.17, 15) is 4.79 Å². The van der Waals surface area contributed by atoms with Crippen molar-refractivity contribution in [1.82, 2.24) is 4.90 Å². The molecule has 0 radical (unpaired) electrons. The third-order valence-electron chi connectivity index (χ3n) is 5.13. The summed E-state index contributed by atoms with van der Waals surface area (Å²) in [5.74, 6) is 0.491. The van der Waals surface area contributed by atoms with Gasteiger partial charge in [0.1, 0.15) is 5.60 Å². The first-order chi connectivity index (χ1) is 11.4. The molecule has 1 aliphatic carbocycles. The second-order valence-electron chi connectivity index (χ2n) is 7.48. The van der Waals surface area contributed by atoms with Gasteiger partial charge in [-0.05, 0) is 50.9 Å². The Balaban J connectivity index is 0.00000312. The molecule has 2 unspecified atom stereocenters. The van der Waals surface area contributed by atoms with Crippen molar-refractivity contribution >= 4 is 24.5 Å².